The predicted molar refractivity (Wildman–Crippen MR) is 74.6 cm³/mol. The number of methoxy groups -OCH3 is 1. The topological polar surface area (TPSA) is 58.9 Å². The van der Waals surface area contributed by atoms with Crippen molar-refractivity contribution in [3.05, 3.63) is 24.3 Å². The van der Waals surface area contributed by atoms with Crippen LogP contribution in [-0.4, -0.2) is 37.1 Å². The molecule has 0 aromatic heterocycles. The second-order valence-corrected chi connectivity index (χ2v) is 4.82. The molecule has 1 rings (SSSR count). The molecule has 0 unspecified atom stereocenters. The molecule has 0 radical (unpaired) electrons. The Morgan fingerprint density at radius 2 is 1.68 bits per heavy atom. The minimum Gasteiger partial charge on any atom is -0.493 e. The van der Waals surface area contributed by atoms with Gasteiger partial charge in [-0.05, 0) is 25.0 Å². The molecule has 0 bridgehead atoms. The first-order chi connectivity index (χ1) is 9.21. The van der Waals surface area contributed by atoms with Crippen molar-refractivity contribution in [2.24, 2.45) is 5.41 Å². The lowest BCUT2D eigenvalue weighted by Gasteiger charge is -2.29. The Labute approximate surface area is 115 Å². The van der Waals surface area contributed by atoms with Crippen LogP contribution >= 0.6 is 0 Å². The van der Waals surface area contributed by atoms with Gasteiger partial charge in [-0.1, -0.05) is 25.5 Å². The molecule has 0 aliphatic carbocycles. The first-order valence-electron chi connectivity index (χ1n) is 6.69. The highest BCUT2D eigenvalue weighted by Crippen LogP contribution is 2.30. The fraction of sp³-hybridized carbons (Fsp3) is 0.600. The molecular formula is C15H24O4. The number of ether oxygens (including phenoxy) is 2. The van der Waals surface area contributed by atoms with Gasteiger partial charge in [0.1, 0.15) is 0 Å². The molecule has 19 heavy (non-hydrogen) atoms. The van der Waals surface area contributed by atoms with Gasteiger partial charge < -0.3 is 19.7 Å². The molecule has 0 amide bonds. The summed E-state index contributed by atoms with van der Waals surface area (Å²) in [6.45, 7) is 2.45. The van der Waals surface area contributed by atoms with E-state index in [4.69, 9.17) is 9.47 Å². The Bertz CT molecular complexity index is 361. The molecule has 0 spiro atoms. The molecule has 1 aromatic rings. The smallest absolute Gasteiger partial charge is 0.161 e. The summed E-state index contributed by atoms with van der Waals surface area (Å²) in [5.74, 6) is 1.38. The fourth-order valence-corrected chi connectivity index (χ4v) is 2.14. The second-order valence-electron chi connectivity index (χ2n) is 4.82. The Morgan fingerprint density at radius 1 is 1.05 bits per heavy atom. The van der Waals surface area contributed by atoms with Gasteiger partial charge in [-0.2, -0.15) is 0 Å². The van der Waals surface area contributed by atoms with Crippen molar-refractivity contribution in [3.8, 4) is 11.5 Å². The first-order valence-corrected chi connectivity index (χ1v) is 6.69. The summed E-state index contributed by atoms with van der Waals surface area (Å²) in [7, 11) is 1.60. The van der Waals surface area contributed by atoms with E-state index >= 15 is 0 Å². The normalized spacial score (nSPS) is 11.4. The molecule has 1 aromatic carbocycles. The first kappa shape index (κ1) is 15.8. The van der Waals surface area contributed by atoms with Crippen LogP contribution < -0.4 is 9.47 Å². The molecule has 0 heterocycles. The van der Waals surface area contributed by atoms with E-state index in [0.717, 1.165) is 12.8 Å². The van der Waals surface area contributed by atoms with Crippen molar-refractivity contribution in [2.75, 3.05) is 26.9 Å². The SMILES string of the molecule is CCCC(CO)(CO)CCOc1ccccc1OC. The zero-order valence-corrected chi connectivity index (χ0v) is 11.8. The van der Waals surface area contributed by atoms with Crippen LogP contribution in [0.4, 0.5) is 0 Å². The van der Waals surface area contributed by atoms with Crippen LogP contribution in [0.25, 0.3) is 0 Å². The molecule has 4 nitrogen and oxygen atoms in total. The van der Waals surface area contributed by atoms with Crippen molar-refractivity contribution >= 4 is 0 Å². The van der Waals surface area contributed by atoms with Gasteiger partial charge in [0, 0.05) is 5.41 Å². The maximum atomic E-state index is 9.47. The third kappa shape index (κ3) is 4.40. The highest BCUT2D eigenvalue weighted by molar-refractivity contribution is 5.39. The molecule has 0 saturated heterocycles. The number of hydrogen-bond acceptors (Lipinski definition) is 4. The number of benzene rings is 1. The van der Waals surface area contributed by atoms with Crippen LogP contribution in [0.3, 0.4) is 0 Å². The third-order valence-electron chi connectivity index (χ3n) is 3.41. The molecule has 0 atom stereocenters. The minimum absolute atomic E-state index is 0.0212. The second kappa shape index (κ2) is 8.02. The van der Waals surface area contributed by atoms with E-state index in [1.165, 1.54) is 0 Å². The average Bonchev–Trinajstić information content (AvgIpc) is 2.47. The van der Waals surface area contributed by atoms with Gasteiger partial charge in [0.2, 0.25) is 0 Å². The Kier molecular flexibility index (Phi) is 6.67. The van der Waals surface area contributed by atoms with Crippen LogP contribution in [0.15, 0.2) is 24.3 Å². The standard InChI is InChI=1S/C15H24O4/c1-3-8-15(11-16,12-17)9-10-19-14-7-5-4-6-13(14)18-2/h4-7,16-17H,3,8-12H2,1-2H3. The van der Waals surface area contributed by atoms with Crippen molar-refractivity contribution in [1.29, 1.82) is 0 Å². The van der Waals surface area contributed by atoms with Gasteiger partial charge in [0.05, 0.1) is 26.9 Å². The molecular weight excluding hydrogens is 244 g/mol. The molecule has 0 fully saturated rings. The molecule has 0 saturated carbocycles. The fourth-order valence-electron chi connectivity index (χ4n) is 2.14. The van der Waals surface area contributed by atoms with E-state index in [2.05, 4.69) is 0 Å². The number of rotatable bonds is 9. The summed E-state index contributed by atoms with van der Waals surface area (Å²) in [6.07, 6.45) is 2.33. The van der Waals surface area contributed by atoms with E-state index in [1.54, 1.807) is 7.11 Å². The minimum atomic E-state index is -0.448. The third-order valence-corrected chi connectivity index (χ3v) is 3.41. The number of para-hydroxylation sites is 2. The van der Waals surface area contributed by atoms with Gasteiger partial charge >= 0.3 is 0 Å². The molecule has 2 N–H and O–H groups in total. The number of hydrogen-bond donors (Lipinski definition) is 2. The van der Waals surface area contributed by atoms with Crippen molar-refractivity contribution in [1.82, 2.24) is 0 Å². The van der Waals surface area contributed by atoms with E-state index in [1.807, 2.05) is 31.2 Å². The number of aliphatic hydroxyl groups excluding tert-OH is 2. The maximum absolute atomic E-state index is 9.47. The predicted octanol–water partition coefficient (Wildman–Crippen LogP) is 2.24. The van der Waals surface area contributed by atoms with Crippen molar-refractivity contribution < 1.29 is 19.7 Å². The van der Waals surface area contributed by atoms with Crippen LogP contribution in [0.1, 0.15) is 26.2 Å². The summed E-state index contributed by atoms with van der Waals surface area (Å²) in [5.41, 5.74) is -0.448. The Balaban J connectivity index is 2.56. The monoisotopic (exact) mass is 268 g/mol. The average molecular weight is 268 g/mol. The Hall–Kier alpha value is -1.26. The van der Waals surface area contributed by atoms with Gasteiger partial charge in [-0.15, -0.1) is 0 Å². The summed E-state index contributed by atoms with van der Waals surface area (Å²) in [5, 5.41) is 18.9. The lowest BCUT2D eigenvalue weighted by Crippen LogP contribution is -2.31. The van der Waals surface area contributed by atoms with Crippen LogP contribution in [0.5, 0.6) is 11.5 Å². The van der Waals surface area contributed by atoms with Crippen LogP contribution in [-0.2, 0) is 0 Å². The number of aliphatic hydroxyl groups is 2. The van der Waals surface area contributed by atoms with E-state index in [0.29, 0.717) is 24.5 Å². The van der Waals surface area contributed by atoms with Gasteiger partial charge in [-0.3, -0.25) is 0 Å². The van der Waals surface area contributed by atoms with Crippen LogP contribution in [0, 0.1) is 5.41 Å². The molecule has 0 aliphatic rings. The highest BCUT2D eigenvalue weighted by atomic mass is 16.5. The summed E-state index contributed by atoms with van der Waals surface area (Å²) < 4.78 is 10.9. The zero-order chi connectivity index (χ0) is 14.1. The van der Waals surface area contributed by atoms with E-state index < -0.39 is 5.41 Å². The van der Waals surface area contributed by atoms with Gasteiger partial charge in [-0.25, -0.2) is 0 Å². The van der Waals surface area contributed by atoms with Crippen molar-refractivity contribution in [2.45, 2.75) is 26.2 Å². The van der Waals surface area contributed by atoms with Crippen molar-refractivity contribution in [3.63, 3.8) is 0 Å². The quantitative estimate of drug-likeness (QED) is 0.721. The Morgan fingerprint density at radius 3 is 2.21 bits per heavy atom. The molecule has 4 heteroatoms. The summed E-state index contributed by atoms with van der Waals surface area (Å²) in [4.78, 5) is 0. The van der Waals surface area contributed by atoms with Gasteiger partial charge in [0.15, 0.2) is 11.5 Å². The highest BCUT2D eigenvalue weighted by Gasteiger charge is 2.27. The lowest BCUT2D eigenvalue weighted by atomic mass is 9.82. The maximum Gasteiger partial charge on any atom is 0.161 e. The largest absolute Gasteiger partial charge is 0.493 e. The summed E-state index contributed by atoms with van der Waals surface area (Å²) in [6, 6.07) is 7.45. The zero-order valence-electron chi connectivity index (χ0n) is 11.8. The van der Waals surface area contributed by atoms with E-state index in [9.17, 15) is 10.2 Å². The lowest BCUT2D eigenvalue weighted by molar-refractivity contribution is 0.0278. The van der Waals surface area contributed by atoms with Crippen LogP contribution in [0.2, 0.25) is 0 Å². The van der Waals surface area contributed by atoms with Gasteiger partial charge in [0.25, 0.3) is 0 Å². The summed E-state index contributed by atoms with van der Waals surface area (Å²) >= 11 is 0. The van der Waals surface area contributed by atoms with E-state index in [-0.39, 0.29) is 13.2 Å². The molecule has 108 valence electrons. The molecule has 0 aliphatic heterocycles.